The Balaban J connectivity index is 2.00. The van der Waals surface area contributed by atoms with Gasteiger partial charge in [0.2, 0.25) is 0 Å². The first-order valence-electron chi connectivity index (χ1n) is 7.00. The lowest BCUT2D eigenvalue weighted by molar-refractivity contribution is 0.0340. The summed E-state index contributed by atoms with van der Waals surface area (Å²) in [5.41, 5.74) is 0.978. The van der Waals surface area contributed by atoms with Crippen molar-refractivity contribution in [3.05, 3.63) is 17.8 Å². The van der Waals surface area contributed by atoms with Crippen LogP contribution in [0, 0.1) is 0 Å². The summed E-state index contributed by atoms with van der Waals surface area (Å²) in [7, 11) is 0. The summed E-state index contributed by atoms with van der Waals surface area (Å²) < 4.78 is 5.63. The average Bonchev–Trinajstić information content (AvgIpc) is 2.40. The molecule has 0 amide bonds. The molecule has 2 heterocycles. The van der Waals surface area contributed by atoms with Crippen LogP contribution in [0.15, 0.2) is 12.1 Å². The van der Waals surface area contributed by atoms with Crippen LogP contribution in [0.3, 0.4) is 0 Å². The van der Waals surface area contributed by atoms with Crippen molar-refractivity contribution in [2.24, 2.45) is 0 Å². The first-order valence-corrected chi connectivity index (χ1v) is 7.00. The molecule has 0 aromatic carbocycles. The highest BCUT2D eigenvalue weighted by Gasteiger charge is 2.24. The molecule has 0 aliphatic carbocycles. The standard InChI is InChI=1S/C14H24N4O/c1-10(2)15-7-13-5-6-14(17-16-13)18-8-12(4)19-9-11(18)3/h5-6,10-12,15H,7-9H2,1-4H3. The van der Waals surface area contributed by atoms with Crippen LogP contribution in [-0.2, 0) is 11.3 Å². The maximum atomic E-state index is 5.63. The van der Waals surface area contributed by atoms with Gasteiger partial charge in [-0.3, -0.25) is 0 Å². The molecule has 0 saturated carbocycles. The Morgan fingerprint density at radius 2 is 2.16 bits per heavy atom. The lowest BCUT2D eigenvalue weighted by Gasteiger charge is -2.37. The van der Waals surface area contributed by atoms with E-state index in [0.29, 0.717) is 12.1 Å². The van der Waals surface area contributed by atoms with Crippen molar-refractivity contribution in [3.8, 4) is 0 Å². The Morgan fingerprint density at radius 1 is 1.37 bits per heavy atom. The summed E-state index contributed by atoms with van der Waals surface area (Å²) in [5, 5.41) is 12.0. The van der Waals surface area contributed by atoms with Gasteiger partial charge in [-0.2, -0.15) is 5.10 Å². The molecule has 0 spiro atoms. The van der Waals surface area contributed by atoms with Crippen LogP contribution < -0.4 is 10.2 Å². The van der Waals surface area contributed by atoms with Crippen LogP contribution in [0.5, 0.6) is 0 Å². The number of hydrogen-bond acceptors (Lipinski definition) is 5. The second kappa shape index (κ2) is 6.30. The van der Waals surface area contributed by atoms with Gasteiger partial charge in [0, 0.05) is 19.1 Å². The molecule has 2 atom stereocenters. The van der Waals surface area contributed by atoms with E-state index >= 15 is 0 Å². The highest BCUT2D eigenvalue weighted by atomic mass is 16.5. The molecule has 0 radical (unpaired) electrons. The molecule has 5 heteroatoms. The first kappa shape index (κ1) is 14.2. The Bertz CT molecular complexity index is 393. The van der Waals surface area contributed by atoms with Gasteiger partial charge >= 0.3 is 0 Å². The van der Waals surface area contributed by atoms with Gasteiger partial charge in [0.05, 0.1) is 24.4 Å². The molecule has 106 valence electrons. The number of aromatic nitrogens is 2. The van der Waals surface area contributed by atoms with E-state index in [0.717, 1.165) is 31.2 Å². The molecule has 1 aliphatic heterocycles. The first-order chi connectivity index (χ1) is 9.06. The van der Waals surface area contributed by atoms with E-state index in [-0.39, 0.29) is 6.10 Å². The Kier molecular flexibility index (Phi) is 4.71. The monoisotopic (exact) mass is 264 g/mol. The number of hydrogen-bond donors (Lipinski definition) is 1. The van der Waals surface area contributed by atoms with Crippen molar-refractivity contribution in [1.29, 1.82) is 0 Å². The second-order valence-electron chi connectivity index (χ2n) is 5.56. The van der Waals surface area contributed by atoms with E-state index in [4.69, 9.17) is 4.74 Å². The van der Waals surface area contributed by atoms with Crippen molar-refractivity contribution in [3.63, 3.8) is 0 Å². The van der Waals surface area contributed by atoms with Gasteiger partial charge in [0.15, 0.2) is 5.82 Å². The fraction of sp³-hybridized carbons (Fsp3) is 0.714. The summed E-state index contributed by atoms with van der Waals surface area (Å²) in [6, 6.07) is 4.91. The van der Waals surface area contributed by atoms with Crippen LogP contribution in [0.4, 0.5) is 5.82 Å². The smallest absolute Gasteiger partial charge is 0.151 e. The topological polar surface area (TPSA) is 50.3 Å². The second-order valence-corrected chi connectivity index (χ2v) is 5.56. The van der Waals surface area contributed by atoms with Crippen LogP contribution in [-0.4, -0.2) is 41.5 Å². The summed E-state index contributed by atoms with van der Waals surface area (Å²) in [5.74, 6) is 0.941. The fourth-order valence-electron chi connectivity index (χ4n) is 2.13. The van der Waals surface area contributed by atoms with Crippen LogP contribution in [0.2, 0.25) is 0 Å². The zero-order chi connectivity index (χ0) is 13.8. The van der Waals surface area contributed by atoms with Gasteiger partial charge in [-0.1, -0.05) is 13.8 Å². The quantitative estimate of drug-likeness (QED) is 0.895. The van der Waals surface area contributed by atoms with Crippen molar-refractivity contribution in [1.82, 2.24) is 15.5 Å². The van der Waals surface area contributed by atoms with Crippen molar-refractivity contribution in [2.75, 3.05) is 18.1 Å². The molecule has 5 nitrogen and oxygen atoms in total. The van der Waals surface area contributed by atoms with Crippen molar-refractivity contribution >= 4 is 5.82 Å². The maximum Gasteiger partial charge on any atom is 0.151 e. The van der Waals surface area contributed by atoms with Gasteiger partial charge in [0.25, 0.3) is 0 Å². The van der Waals surface area contributed by atoms with E-state index in [2.05, 4.69) is 54.2 Å². The zero-order valence-electron chi connectivity index (χ0n) is 12.3. The number of morpholine rings is 1. The van der Waals surface area contributed by atoms with E-state index in [1.165, 1.54) is 0 Å². The van der Waals surface area contributed by atoms with Crippen molar-refractivity contribution in [2.45, 2.75) is 52.4 Å². The molecule has 1 saturated heterocycles. The maximum absolute atomic E-state index is 5.63. The lowest BCUT2D eigenvalue weighted by atomic mass is 10.2. The number of ether oxygens (including phenoxy) is 1. The molecule has 1 fully saturated rings. The number of nitrogens with one attached hydrogen (secondary N) is 1. The molecule has 1 aromatic heterocycles. The van der Waals surface area contributed by atoms with E-state index in [1.54, 1.807) is 0 Å². The minimum absolute atomic E-state index is 0.250. The normalized spacial score (nSPS) is 23.9. The minimum Gasteiger partial charge on any atom is -0.375 e. The Labute approximate surface area is 115 Å². The fourth-order valence-corrected chi connectivity index (χ4v) is 2.13. The molecule has 19 heavy (non-hydrogen) atoms. The van der Waals surface area contributed by atoms with Crippen LogP contribution in [0.1, 0.15) is 33.4 Å². The van der Waals surface area contributed by atoms with E-state index in [9.17, 15) is 0 Å². The average molecular weight is 264 g/mol. The number of nitrogens with zero attached hydrogens (tertiary/aromatic N) is 3. The highest BCUT2D eigenvalue weighted by molar-refractivity contribution is 5.39. The predicted molar refractivity (Wildman–Crippen MR) is 76.2 cm³/mol. The molecule has 1 aliphatic rings. The molecule has 1 aromatic rings. The Hall–Kier alpha value is -1.20. The summed E-state index contributed by atoms with van der Waals surface area (Å²) in [6.45, 7) is 10.9. The third-order valence-electron chi connectivity index (χ3n) is 3.30. The Morgan fingerprint density at radius 3 is 2.79 bits per heavy atom. The minimum atomic E-state index is 0.250. The number of anilines is 1. The highest BCUT2D eigenvalue weighted by Crippen LogP contribution is 2.18. The van der Waals surface area contributed by atoms with Gasteiger partial charge < -0.3 is 15.0 Å². The van der Waals surface area contributed by atoms with Gasteiger partial charge in [0.1, 0.15) is 0 Å². The molecular weight excluding hydrogens is 240 g/mol. The molecule has 0 bridgehead atoms. The molecule has 1 N–H and O–H groups in total. The van der Waals surface area contributed by atoms with Gasteiger partial charge in [-0.05, 0) is 26.0 Å². The van der Waals surface area contributed by atoms with Crippen molar-refractivity contribution < 1.29 is 4.74 Å². The SMILES string of the molecule is CC(C)NCc1ccc(N2CC(C)OCC2C)nn1. The molecule has 2 rings (SSSR count). The third-order valence-corrected chi connectivity index (χ3v) is 3.30. The van der Waals surface area contributed by atoms with E-state index < -0.39 is 0 Å². The number of rotatable bonds is 4. The van der Waals surface area contributed by atoms with Gasteiger partial charge in [-0.15, -0.1) is 5.10 Å². The summed E-state index contributed by atoms with van der Waals surface area (Å²) in [4.78, 5) is 2.26. The zero-order valence-corrected chi connectivity index (χ0v) is 12.3. The van der Waals surface area contributed by atoms with Gasteiger partial charge in [-0.25, -0.2) is 0 Å². The predicted octanol–water partition coefficient (Wildman–Crippen LogP) is 1.59. The molecular formula is C14H24N4O. The summed E-state index contributed by atoms with van der Waals surface area (Å²) in [6.07, 6.45) is 0.250. The molecule has 2 unspecified atom stereocenters. The van der Waals surface area contributed by atoms with E-state index in [1.807, 2.05) is 6.07 Å². The lowest BCUT2D eigenvalue weighted by Crippen LogP contribution is -2.47. The largest absolute Gasteiger partial charge is 0.375 e. The van der Waals surface area contributed by atoms with Crippen LogP contribution >= 0.6 is 0 Å². The van der Waals surface area contributed by atoms with Crippen LogP contribution in [0.25, 0.3) is 0 Å². The third kappa shape index (κ3) is 3.88. The summed E-state index contributed by atoms with van der Waals surface area (Å²) >= 11 is 0.